The molecule has 3 rings (SSSR count). The van der Waals surface area contributed by atoms with Gasteiger partial charge in [0.2, 0.25) is 0 Å². The molecule has 0 bridgehead atoms. The maximum absolute atomic E-state index is 12.8. The Kier molecular flexibility index (Phi) is 9.37. The molecule has 0 unspecified atom stereocenters. The fraction of sp³-hybridized carbons (Fsp3) is 0.185. The molecule has 0 saturated heterocycles. The average molecular weight is 587 g/mol. The molecule has 3 aromatic rings. The molecule has 0 fully saturated rings. The van der Waals surface area contributed by atoms with E-state index in [1.165, 1.54) is 0 Å². The molecule has 0 radical (unpaired) electrons. The number of nitrogens with one attached hydrogen (secondary N) is 1. The van der Waals surface area contributed by atoms with Gasteiger partial charge in [-0.15, -0.1) is 0 Å². The number of carbonyl (C=O) groups is 1. The van der Waals surface area contributed by atoms with Crippen LogP contribution in [-0.2, 0) is 17.8 Å². The number of hydrogen-bond donors (Lipinski definition) is 1. The van der Waals surface area contributed by atoms with Crippen LogP contribution in [0.1, 0.15) is 30.5 Å². The summed E-state index contributed by atoms with van der Waals surface area (Å²) in [5, 5.41) is 13.1. The van der Waals surface area contributed by atoms with Crippen molar-refractivity contribution in [1.29, 1.82) is 5.26 Å². The third kappa shape index (κ3) is 6.75. The first-order valence-electron chi connectivity index (χ1n) is 10.8. The van der Waals surface area contributed by atoms with Gasteiger partial charge in [0.1, 0.15) is 18.2 Å². The summed E-state index contributed by atoms with van der Waals surface area (Å²) in [4.78, 5) is 12.8. The molecule has 0 aliphatic rings. The van der Waals surface area contributed by atoms with Crippen LogP contribution in [0, 0.1) is 14.9 Å². The molecule has 0 spiro atoms. The van der Waals surface area contributed by atoms with E-state index in [4.69, 9.17) is 21.1 Å². The molecule has 5 nitrogen and oxygen atoms in total. The molecule has 1 N–H and O–H groups in total. The fourth-order valence-corrected chi connectivity index (χ4v) is 4.31. The Hall–Kier alpha value is -3.02. The predicted octanol–water partition coefficient (Wildman–Crippen LogP) is 7.03. The molecular formula is C27H24ClIN2O3. The van der Waals surface area contributed by atoms with Gasteiger partial charge in [-0.25, -0.2) is 0 Å². The van der Waals surface area contributed by atoms with Crippen molar-refractivity contribution >= 4 is 51.9 Å². The van der Waals surface area contributed by atoms with Gasteiger partial charge in [0.25, 0.3) is 5.91 Å². The standard InChI is InChI=1S/C27H24ClIN2O3/c1-3-20-9-5-6-11-24(20)31-27(32)21(16-30)12-19-14-23(29)26(25(15-19)33-4-2)34-17-18-8-7-10-22(28)13-18/h5-15H,3-4,17H2,1-2H3,(H,31,32)/b21-12+. The first kappa shape index (κ1) is 25.6. The summed E-state index contributed by atoms with van der Waals surface area (Å²) >= 11 is 8.23. The van der Waals surface area contributed by atoms with E-state index in [9.17, 15) is 10.1 Å². The zero-order chi connectivity index (χ0) is 24.5. The van der Waals surface area contributed by atoms with Crippen molar-refractivity contribution < 1.29 is 14.3 Å². The van der Waals surface area contributed by atoms with E-state index < -0.39 is 5.91 Å². The number of nitriles is 1. The first-order valence-corrected chi connectivity index (χ1v) is 12.3. The summed E-state index contributed by atoms with van der Waals surface area (Å²) < 4.78 is 12.6. The Balaban J connectivity index is 1.86. The molecule has 0 aliphatic carbocycles. The highest BCUT2D eigenvalue weighted by atomic mass is 127. The number of nitrogens with zero attached hydrogens (tertiary/aromatic N) is 1. The number of anilines is 1. The maximum Gasteiger partial charge on any atom is 0.266 e. The van der Waals surface area contributed by atoms with Crippen LogP contribution < -0.4 is 14.8 Å². The Bertz CT molecular complexity index is 1250. The van der Waals surface area contributed by atoms with Crippen LogP contribution in [0.2, 0.25) is 5.02 Å². The van der Waals surface area contributed by atoms with Crippen LogP contribution in [0.3, 0.4) is 0 Å². The maximum atomic E-state index is 12.8. The minimum absolute atomic E-state index is 0.00301. The second-order valence-corrected chi connectivity index (χ2v) is 8.91. The van der Waals surface area contributed by atoms with Gasteiger partial charge in [-0.2, -0.15) is 5.26 Å². The summed E-state index contributed by atoms with van der Waals surface area (Å²) in [6, 6.07) is 20.6. The van der Waals surface area contributed by atoms with Crippen molar-refractivity contribution in [3.05, 3.63) is 91.5 Å². The van der Waals surface area contributed by atoms with Crippen LogP contribution in [0.5, 0.6) is 11.5 Å². The minimum Gasteiger partial charge on any atom is -0.490 e. The number of rotatable bonds is 9. The van der Waals surface area contributed by atoms with E-state index >= 15 is 0 Å². The zero-order valence-electron chi connectivity index (χ0n) is 18.9. The Morgan fingerprint density at radius 2 is 1.91 bits per heavy atom. The minimum atomic E-state index is -0.461. The van der Waals surface area contributed by atoms with Crippen molar-refractivity contribution in [2.75, 3.05) is 11.9 Å². The molecule has 174 valence electrons. The van der Waals surface area contributed by atoms with Crippen LogP contribution in [0.15, 0.2) is 66.2 Å². The van der Waals surface area contributed by atoms with E-state index in [1.54, 1.807) is 12.1 Å². The molecule has 0 saturated carbocycles. The van der Waals surface area contributed by atoms with Gasteiger partial charge >= 0.3 is 0 Å². The van der Waals surface area contributed by atoms with Crippen molar-refractivity contribution in [2.45, 2.75) is 26.9 Å². The van der Waals surface area contributed by atoms with Gasteiger partial charge in [0.15, 0.2) is 11.5 Å². The predicted molar refractivity (Wildman–Crippen MR) is 144 cm³/mol. The first-order chi connectivity index (χ1) is 16.4. The lowest BCUT2D eigenvalue weighted by Crippen LogP contribution is -2.14. The Morgan fingerprint density at radius 1 is 1.12 bits per heavy atom. The van der Waals surface area contributed by atoms with E-state index in [-0.39, 0.29) is 5.57 Å². The second kappa shape index (κ2) is 12.4. The van der Waals surface area contributed by atoms with Crippen LogP contribution in [-0.4, -0.2) is 12.5 Å². The van der Waals surface area contributed by atoms with Gasteiger partial charge in [-0.1, -0.05) is 48.9 Å². The number of benzene rings is 3. The molecule has 1 amide bonds. The summed E-state index contributed by atoms with van der Waals surface area (Å²) in [6.07, 6.45) is 2.32. The molecule has 0 aliphatic heterocycles. The summed E-state index contributed by atoms with van der Waals surface area (Å²) in [5.41, 5.74) is 3.30. The van der Waals surface area contributed by atoms with E-state index in [0.29, 0.717) is 41.0 Å². The van der Waals surface area contributed by atoms with Crippen molar-refractivity contribution in [1.82, 2.24) is 0 Å². The van der Waals surface area contributed by atoms with Gasteiger partial charge in [0.05, 0.1) is 10.2 Å². The topological polar surface area (TPSA) is 71.3 Å². The van der Waals surface area contributed by atoms with Gasteiger partial charge < -0.3 is 14.8 Å². The summed E-state index contributed by atoms with van der Waals surface area (Å²) in [7, 11) is 0. The highest BCUT2D eigenvalue weighted by Crippen LogP contribution is 2.35. The summed E-state index contributed by atoms with van der Waals surface area (Å²) in [5.74, 6) is 0.675. The Morgan fingerprint density at radius 3 is 2.62 bits per heavy atom. The average Bonchev–Trinajstić information content (AvgIpc) is 2.82. The van der Waals surface area contributed by atoms with Crippen molar-refractivity contribution in [3.63, 3.8) is 0 Å². The molecule has 3 aromatic carbocycles. The largest absolute Gasteiger partial charge is 0.490 e. The molecule has 0 atom stereocenters. The SMILES string of the molecule is CCOc1cc(/C=C(\C#N)C(=O)Nc2ccccc2CC)cc(I)c1OCc1cccc(Cl)c1. The highest BCUT2D eigenvalue weighted by Gasteiger charge is 2.15. The number of ether oxygens (including phenoxy) is 2. The number of para-hydroxylation sites is 1. The molecule has 7 heteroatoms. The van der Waals surface area contributed by atoms with E-state index in [0.717, 1.165) is 21.1 Å². The lowest BCUT2D eigenvalue weighted by molar-refractivity contribution is -0.112. The van der Waals surface area contributed by atoms with Crippen LogP contribution in [0.25, 0.3) is 6.08 Å². The highest BCUT2D eigenvalue weighted by molar-refractivity contribution is 14.1. The van der Waals surface area contributed by atoms with Gasteiger partial charge in [0, 0.05) is 10.7 Å². The zero-order valence-corrected chi connectivity index (χ0v) is 21.8. The van der Waals surface area contributed by atoms with Crippen molar-refractivity contribution in [3.8, 4) is 17.6 Å². The van der Waals surface area contributed by atoms with Gasteiger partial charge in [-0.3, -0.25) is 4.79 Å². The third-order valence-electron chi connectivity index (χ3n) is 4.93. The third-order valence-corrected chi connectivity index (χ3v) is 5.96. The quantitative estimate of drug-likeness (QED) is 0.166. The number of hydrogen-bond acceptors (Lipinski definition) is 4. The smallest absolute Gasteiger partial charge is 0.266 e. The van der Waals surface area contributed by atoms with Gasteiger partial charge in [-0.05, 0) is 89.0 Å². The van der Waals surface area contributed by atoms with E-state index in [1.807, 2.05) is 74.5 Å². The lowest BCUT2D eigenvalue weighted by Gasteiger charge is -2.15. The van der Waals surface area contributed by atoms with Crippen LogP contribution >= 0.6 is 34.2 Å². The number of carbonyl (C=O) groups excluding carboxylic acids is 1. The molecular weight excluding hydrogens is 563 g/mol. The van der Waals surface area contributed by atoms with E-state index in [2.05, 4.69) is 27.9 Å². The number of halogens is 2. The normalized spacial score (nSPS) is 11.0. The second-order valence-electron chi connectivity index (χ2n) is 7.32. The monoisotopic (exact) mass is 586 g/mol. The Labute approximate surface area is 218 Å². The number of amides is 1. The van der Waals surface area contributed by atoms with Crippen molar-refractivity contribution in [2.24, 2.45) is 0 Å². The fourth-order valence-electron chi connectivity index (χ4n) is 3.31. The molecule has 0 aromatic heterocycles. The molecule has 0 heterocycles. The lowest BCUT2D eigenvalue weighted by atomic mass is 10.1. The molecule has 34 heavy (non-hydrogen) atoms. The summed E-state index contributed by atoms with van der Waals surface area (Å²) in [6.45, 7) is 4.67. The number of aryl methyl sites for hydroxylation is 1. The van der Waals surface area contributed by atoms with Crippen LogP contribution in [0.4, 0.5) is 5.69 Å².